The summed E-state index contributed by atoms with van der Waals surface area (Å²) < 4.78 is 5.33. The maximum absolute atomic E-state index is 11.7. The van der Waals surface area contributed by atoms with Crippen LogP contribution in [0.5, 0.6) is 11.5 Å². The number of amides is 1. The van der Waals surface area contributed by atoms with E-state index in [2.05, 4.69) is 10.6 Å². The summed E-state index contributed by atoms with van der Waals surface area (Å²) in [5.41, 5.74) is 0.714. The Bertz CT molecular complexity index is 435. The number of ether oxygens (including phenoxy) is 1. The Balaban J connectivity index is 2.57. The monoisotopic (exact) mass is 280 g/mol. The summed E-state index contributed by atoms with van der Waals surface area (Å²) in [4.78, 5) is 11.7. The molecule has 0 spiro atoms. The minimum absolute atomic E-state index is 0.0349. The van der Waals surface area contributed by atoms with E-state index >= 15 is 0 Å². The lowest BCUT2D eigenvalue weighted by Crippen LogP contribution is -2.42. The normalized spacial score (nSPS) is 11.9. The van der Waals surface area contributed by atoms with Gasteiger partial charge in [0, 0.05) is 18.7 Å². The van der Waals surface area contributed by atoms with E-state index in [1.807, 2.05) is 26.0 Å². The number of hydrogen-bond acceptors (Lipinski definition) is 4. The van der Waals surface area contributed by atoms with Gasteiger partial charge in [-0.15, -0.1) is 0 Å². The molecule has 5 nitrogen and oxygen atoms in total. The molecule has 0 saturated heterocycles. The smallest absolute Gasteiger partial charge is 0.236 e. The lowest BCUT2D eigenvalue weighted by molar-refractivity contribution is -0.122. The van der Waals surface area contributed by atoms with Gasteiger partial charge < -0.3 is 20.5 Å². The van der Waals surface area contributed by atoms with E-state index in [-0.39, 0.29) is 17.7 Å². The van der Waals surface area contributed by atoms with Crippen LogP contribution in [0.4, 0.5) is 0 Å². The van der Waals surface area contributed by atoms with E-state index in [4.69, 9.17) is 4.74 Å². The molecule has 1 aromatic carbocycles. The maximum atomic E-state index is 11.7. The van der Waals surface area contributed by atoms with E-state index in [0.717, 1.165) is 6.42 Å². The predicted molar refractivity (Wildman–Crippen MR) is 78.9 cm³/mol. The molecular weight excluding hydrogens is 256 g/mol. The molecule has 0 saturated carbocycles. The average Bonchev–Trinajstić information content (AvgIpc) is 2.45. The molecule has 0 radical (unpaired) electrons. The van der Waals surface area contributed by atoms with E-state index in [9.17, 15) is 9.90 Å². The summed E-state index contributed by atoms with van der Waals surface area (Å²) in [6.07, 6.45) is 0.912. The molecule has 1 unspecified atom stereocenters. The second-order valence-electron chi connectivity index (χ2n) is 4.59. The third kappa shape index (κ3) is 4.74. The second-order valence-corrected chi connectivity index (χ2v) is 4.59. The molecule has 5 heteroatoms. The Kier molecular flexibility index (Phi) is 6.87. The minimum atomic E-state index is -0.309. The molecule has 0 bridgehead atoms. The number of benzene rings is 1. The molecule has 0 aliphatic rings. The van der Waals surface area contributed by atoms with Gasteiger partial charge in [0.25, 0.3) is 0 Å². The molecule has 1 atom stereocenters. The van der Waals surface area contributed by atoms with Gasteiger partial charge in [-0.05, 0) is 26.3 Å². The van der Waals surface area contributed by atoms with E-state index in [1.54, 1.807) is 13.0 Å². The molecule has 1 aromatic rings. The van der Waals surface area contributed by atoms with E-state index in [0.29, 0.717) is 31.0 Å². The summed E-state index contributed by atoms with van der Waals surface area (Å²) in [6.45, 7) is 7.26. The van der Waals surface area contributed by atoms with Gasteiger partial charge in [0.15, 0.2) is 11.5 Å². The fourth-order valence-electron chi connectivity index (χ4n) is 1.74. The number of rotatable bonds is 8. The van der Waals surface area contributed by atoms with Crippen molar-refractivity contribution in [2.45, 2.75) is 39.8 Å². The number of nitrogens with one attached hydrogen (secondary N) is 2. The van der Waals surface area contributed by atoms with Crippen LogP contribution < -0.4 is 15.4 Å². The van der Waals surface area contributed by atoms with Gasteiger partial charge in [-0.2, -0.15) is 0 Å². The van der Waals surface area contributed by atoms with Gasteiger partial charge in [0.05, 0.1) is 12.6 Å². The first-order valence-corrected chi connectivity index (χ1v) is 7.04. The number of hydrogen-bond donors (Lipinski definition) is 3. The molecular formula is C15H24N2O3. The number of carbonyl (C=O) groups is 1. The van der Waals surface area contributed by atoms with Crippen molar-refractivity contribution in [2.75, 3.05) is 13.2 Å². The molecule has 0 fully saturated rings. The van der Waals surface area contributed by atoms with Crippen LogP contribution in [0.3, 0.4) is 0 Å². The molecule has 112 valence electrons. The van der Waals surface area contributed by atoms with Gasteiger partial charge in [0.1, 0.15) is 0 Å². The lowest BCUT2D eigenvalue weighted by atomic mass is 10.1. The van der Waals surface area contributed by atoms with Crippen LogP contribution in [0.1, 0.15) is 32.8 Å². The highest BCUT2D eigenvalue weighted by atomic mass is 16.5. The van der Waals surface area contributed by atoms with Crippen LogP contribution in [0.25, 0.3) is 0 Å². The third-order valence-electron chi connectivity index (χ3n) is 2.92. The van der Waals surface area contributed by atoms with Gasteiger partial charge in [-0.1, -0.05) is 19.1 Å². The summed E-state index contributed by atoms with van der Waals surface area (Å²) in [5, 5.41) is 16.0. The van der Waals surface area contributed by atoms with Crippen molar-refractivity contribution in [3.8, 4) is 11.5 Å². The number of carbonyl (C=O) groups excluding carboxylic acids is 1. The highest BCUT2D eigenvalue weighted by Crippen LogP contribution is 2.29. The van der Waals surface area contributed by atoms with Crippen LogP contribution >= 0.6 is 0 Å². The highest BCUT2D eigenvalue weighted by molar-refractivity contribution is 5.81. The summed E-state index contributed by atoms with van der Waals surface area (Å²) in [5.74, 6) is 0.560. The Morgan fingerprint density at radius 2 is 2.15 bits per heavy atom. The number of phenols is 1. The summed E-state index contributed by atoms with van der Waals surface area (Å²) >= 11 is 0. The van der Waals surface area contributed by atoms with Crippen LogP contribution in [0, 0.1) is 0 Å². The van der Waals surface area contributed by atoms with Crippen molar-refractivity contribution in [2.24, 2.45) is 0 Å². The predicted octanol–water partition coefficient (Wildman–Crippen LogP) is 1.80. The topological polar surface area (TPSA) is 70.6 Å². The Morgan fingerprint density at radius 1 is 1.40 bits per heavy atom. The maximum Gasteiger partial charge on any atom is 0.236 e. The summed E-state index contributed by atoms with van der Waals surface area (Å²) in [7, 11) is 0. The van der Waals surface area contributed by atoms with Crippen molar-refractivity contribution >= 4 is 5.91 Å². The van der Waals surface area contributed by atoms with Crippen LogP contribution in [-0.4, -0.2) is 30.2 Å². The Morgan fingerprint density at radius 3 is 2.80 bits per heavy atom. The van der Waals surface area contributed by atoms with Crippen LogP contribution in [0.2, 0.25) is 0 Å². The molecule has 0 heterocycles. The number of para-hydroxylation sites is 1. The molecule has 1 rings (SSSR count). The van der Waals surface area contributed by atoms with E-state index < -0.39 is 0 Å². The fourth-order valence-corrected chi connectivity index (χ4v) is 1.74. The summed E-state index contributed by atoms with van der Waals surface area (Å²) in [6, 6.07) is 5.04. The van der Waals surface area contributed by atoms with Crippen molar-refractivity contribution in [3.63, 3.8) is 0 Å². The van der Waals surface area contributed by atoms with Gasteiger partial charge in [0.2, 0.25) is 5.91 Å². The molecule has 1 amide bonds. The first-order chi connectivity index (χ1) is 9.60. The largest absolute Gasteiger partial charge is 0.504 e. The zero-order valence-electron chi connectivity index (χ0n) is 12.4. The zero-order chi connectivity index (χ0) is 15.0. The van der Waals surface area contributed by atoms with Crippen molar-refractivity contribution in [1.82, 2.24) is 10.6 Å². The van der Waals surface area contributed by atoms with Gasteiger partial charge in [-0.25, -0.2) is 0 Å². The molecule has 20 heavy (non-hydrogen) atoms. The van der Waals surface area contributed by atoms with Crippen LogP contribution in [0.15, 0.2) is 18.2 Å². The minimum Gasteiger partial charge on any atom is -0.504 e. The second kappa shape index (κ2) is 8.43. The Labute approximate surface area is 120 Å². The fraction of sp³-hybridized carbons (Fsp3) is 0.533. The standard InChI is InChI=1S/C15H24N2O3/c1-4-9-16-15(19)11(3)17-10-12-7-6-8-13(14(12)18)20-5-2/h6-8,11,17-18H,4-5,9-10H2,1-3H3,(H,16,19). The molecule has 3 N–H and O–H groups in total. The van der Waals surface area contributed by atoms with Gasteiger partial charge in [-0.3, -0.25) is 4.79 Å². The van der Waals surface area contributed by atoms with Crippen LogP contribution in [-0.2, 0) is 11.3 Å². The highest BCUT2D eigenvalue weighted by Gasteiger charge is 2.13. The van der Waals surface area contributed by atoms with Crippen molar-refractivity contribution < 1.29 is 14.6 Å². The van der Waals surface area contributed by atoms with Crippen molar-refractivity contribution in [3.05, 3.63) is 23.8 Å². The van der Waals surface area contributed by atoms with Crippen molar-refractivity contribution in [1.29, 1.82) is 0 Å². The molecule has 0 aromatic heterocycles. The van der Waals surface area contributed by atoms with E-state index in [1.165, 1.54) is 0 Å². The zero-order valence-corrected chi connectivity index (χ0v) is 12.4. The lowest BCUT2D eigenvalue weighted by Gasteiger charge is -2.15. The number of aromatic hydroxyl groups is 1. The first-order valence-electron chi connectivity index (χ1n) is 7.04. The SMILES string of the molecule is CCCNC(=O)C(C)NCc1cccc(OCC)c1O. The average molecular weight is 280 g/mol. The third-order valence-corrected chi connectivity index (χ3v) is 2.92. The first kappa shape index (κ1) is 16.3. The molecule has 0 aliphatic carbocycles. The quantitative estimate of drug-likeness (QED) is 0.679. The number of phenolic OH excluding ortho intramolecular Hbond substituents is 1. The van der Waals surface area contributed by atoms with Gasteiger partial charge >= 0.3 is 0 Å². The Hall–Kier alpha value is -1.75. The molecule has 0 aliphatic heterocycles.